The van der Waals surface area contributed by atoms with Crippen LogP contribution in [-0.4, -0.2) is 9.55 Å². The Morgan fingerprint density at radius 2 is 1.04 bits per heavy atom. The van der Waals surface area contributed by atoms with Crippen molar-refractivity contribution in [1.29, 1.82) is 0 Å². The normalized spacial score (nSPS) is 11.6. The van der Waals surface area contributed by atoms with E-state index in [4.69, 9.17) is 0 Å². The van der Waals surface area contributed by atoms with E-state index in [9.17, 15) is 0 Å². The maximum Gasteiger partial charge on any atom is 0.0619 e. The predicted octanol–water partition coefficient (Wildman–Crippen LogP) is 11.5. The standard InChI is InChI=1S/C43H28N2/c1-3-10-29(11-4-1)35-23-24-36(39-16-8-7-15-38(35)39)31-18-20-37-32(26-31)19-22-41-40-21-17-30(33-12-9-25-44-28-33)27-42(40)45(43(37)41)34-13-5-2-6-14-34/h1-28H. The molecule has 0 atom stereocenters. The second kappa shape index (κ2) is 10.3. The van der Waals surface area contributed by atoms with Crippen LogP contribution in [0.2, 0.25) is 0 Å². The number of rotatable bonds is 4. The van der Waals surface area contributed by atoms with E-state index in [0.29, 0.717) is 0 Å². The molecule has 210 valence electrons. The van der Waals surface area contributed by atoms with Gasteiger partial charge in [0.1, 0.15) is 0 Å². The van der Waals surface area contributed by atoms with E-state index in [1.54, 1.807) is 0 Å². The predicted molar refractivity (Wildman–Crippen MR) is 190 cm³/mol. The summed E-state index contributed by atoms with van der Waals surface area (Å²) in [4.78, 5) is 4.37. The van der Waals surface area contributed by atoms with Crippen molar-refractivity contribution in [1.82, 2.24) is 9.55 Å². The molecule has 2 nitrogen and oxygen atoms in total. The molecule has 2 aromatic heterocycles. The third-order valence-electron chi connectivity index (χ3n) is 9.07. The highest BCUT2D eigenvalue weighted by Gasteiger charge is 2.17. The van der Waals surface area contributed by atoms with Gasteiger partial charge in [0.05, 0.1) is 11.0 Å². The van der Waals surface area contributed by atoms with Crippen LogP contribution in [0.25, 0.3) is 82.4 Å². The largest absolute Gasteiger partial charge is 0.309 e. The van der Waals surface area contributed by atoms with Gasteiger partial charge in [-0.25, -0.2) is 0 Å². The van der Waals surface area contributed by atoms with Gasteiger partial charge in [-0.3, -0.25) is 4.98 Å². The summed E-state index contributed by atoms with van der Waals surface area (Å²) in [5.74, 6) is 0. The molecule has 0 spiro atoms. The molecular weight excluding hydrogens is 544 g/mol. The fourth-order valence-corrected chi connectivity index (χ4v) is 6.98. The van der Waals surface area contributed by atoms with Gasteiger partial charge in [-0.05, 0) is 74.3 Å². The molecule has 0 fully saturated rings. The molecule has 9 aromatic rings. The molecule has 9 rings (SSSR count). The summed E-state index contributed by atoms with van der Waals surface area (Å²) in [6.07, 6.45) is 3.76. The van der Waals surface area contributed by atoms with Gasteiger partial charge in [-0.1, -0.05) is 127 Å². The van der Waals surface area contributed by atoms with Crippen LogP contribution in [0.1, 0.15) is 0 Å². The minimum absolute atomic E-state index is 1.12. The zero-order valence-corrected chi connectivity index (χ0v) is 24.6. The summed E-state index contributed by atoms with van der Waals surface area (Å²) in [5, 5.41) is 7.50. The lowest BCUT2D eigenvalue weighted by molar-refractivity contribution is 1.19. The van der Waals surface area contributed by atoms with Crippen LogP contribution in [0.15, 0.2) is 170 Å². The van der Waals surface area contributed by atoms with Gasteiger partial charge >= 0.3 is 0 Å². The van der Waals surface area contributed by atoms with E-state index < -0.39 is 0 Å². The van der Waals surface area contributed by atoms with E-state index in [-0.39, 0.29) is 0 Å². The Balaban J connectivity index is 1.28. The number of pyridine rings is 1. The number of para-hydroxylation sites is 1. The quantitative estimate of drug-likeness (QED) is 0.205. The van der Waals surface area contributed by atoms with E-state index in [2.05, 4.69) is 161 Å². The fourth-order valence-electron chi connectivity index (χ4n) is 6.98. The van der Waals surface area contributed by atoms with E-state index in [0.717, 1.165) is 16.8 Å². The van der Waals surface area contributed by atoms with Crippen LogP contribution >= 0.6 is 0 Å². The molecular formula is C43H28N2. The molecule has 0 aliphatic rings. The van der Waals surface area contributed by atoms with Gasteiger partial charge in [-0.2, -0.15) is 0 Å². The number of hydrogen-bond donors (Lipinski definition) is 0. The molecule has 7 aromatic carbocycles. The molecule has 2 heteroatoms. The highest BCUT2D eigenvalue weighted by Crippen LogP contribution is 2.41. The lowest BCUT2D eigenvalue weighted by atomic mass is 9.91. The van der Waals surface area contributed by atoms with Crippen molar-refractivity contribution in [3.8, 4) is 39.1 Å². The third-order valence-corrected chi connectivity index (χ3v) is 9.07. The molecule has 0 unspecified atom stereocenters. The van der Waals surface area contributed by atoms with Crippen molar-refractivity contribution in [3.05, 3.63) is 170 Å². The van der Waals surface area contributed by atoms with Crippen molar-refractivity contribution in [3.63, 3.8) is 0 Å². The Labute approximate surface area is 261 Å². The third kappa shape index (κ3) is 4.15. The second-order valence-corrected chi connectivity index (χ2v) is 11.6. The van der Waals surface area contributed by atoms with Gasteiger partial charge in [0.25, 0.3) is 0 Å². The molecule has 0 bridgehead atoms. The van der Waals surface area contributed by atoms with Crippen molar-refractivity contribution >= 4 is 43.4 Å². The summed E-state index contributed by atoms with van der Waals surface area (Å²) in [6, 6.07) is 57.1. The average molecular weight is 573 g/mol. The van der Waals surface area contributed by atoms with Crippen LogP contribution < -0.4 is 0 Å². The van der Waals surface area contributed by atoms with E-state index in [1.165, 1.54) is 65.6 Å². The summed E-state index contributed by atoms with van der Waals surface area (Å²) in [6.45, 7) is 0. The first-order chi connectivity index (χ1) is 22.3. The number of hydrogen-bond acceptors (Lipinski definition) is 1. The number of benzene rings is 7. The molecule has 0 N–H and O–H groups in total. The molecule has 0 saturated heterocycles. The molecule has 0 aliphatic carbocycles. The van der Waals surface area contributed by atoms with Crippen molar-refractivity contribution in [2.75, 3.05) is 0 Å². The lowest BCUT2D eigenvalue weighted by Crippen LogP contribution is -1.94. The van der Waals surface area contributed by atoms with Gasteiger partial charge < -0.3 is 4.57 Å². The Hall–Kier alpha value is -5.99. The minimum Gasteiger partial charge on any atom is -0.309 e. The number of fused-ring (bicyclic) bond motifs is 6. The summed E-state index contributed by atoms with van der Waals surface area (Å²) in [7, 11) is 0. The Bertz CT molecular complexity index is 2510. The molecule has 0 radical (unpaired) electrons. The first-order valence-corrected chi connectivity index (χ1v) is 15.4. The zero-order chi connectivity index (χ0) is 29.7. The SMILES string of the molecule is c1ccc(-c2ccc(-c3ccc4c(ccc5c6ccc(-c7cccnc7)cc6n(-c6ccccc6)c45)c3)c3ccccc23)cc1. The van der Waals surface area contributed by atoms with Crippen LogP contribution in [0.5, 0.6) is 0 Å². The van der Waals surface area contributed by atoms with Crippen LogP contribution in [0.3, 0.4) is 0 Å². The second-order valence-electron chi connectivity index (χ2n) is 11.6. The zero-order valence-electron chi connectivity index (χ0n) is 24.6. The minimum atomic E-state index is 1.12. The maximum atomic E-state index is 4.37. The maximum absolute atomic E-state index is 4.37. The molecule has 45 heavy (non-hydrogen) atoms. The first kappa shape index (κ1) is 25.5. The van der Waals surface area contributed by atoms with E-state index in [1.807, 2.05) is 18.5 Å². The molecule has 0 amide bonds. The Morgan fingerprint density at radius 1 is 0.400 bits per heavy atom. The number of nitrogens with zero attached hydrogens (tertiary/aromatic N) is 2. The van der Waals surface area contributed by atoms with Crippen molar-refractivity contribution in [2.45, 2.75) is 0 Å². The molecule has 2 heterocycles. The first-order valence-electron chi connectivity index (χ1n) is 15.4. The highest BCUT2D eigenvalue weighted by molar-refractivity contribution is 6.19. The van der Waals surface area contributed by atoms with Crippen LogP contribution in [0.4, 0.5) is 0 Å². The van der Waals surface area contributed by atoms with Gasteiger partial charge in [-0.15, -0.1) is 0 Å². The Kier molecular flexibility index (Phi) is 5.85. The van der Waals surface area contributed by atoms with Crippen LogP contribution in [0, 0.1) is 0 Å². The van der Waals surface area contributed by atoms with Crippen molar-refractivity contribution in [2.24, 2.45) is 0 Å². The Morgan fingerprint density at radius 3 is 1.80 bits per heavy atom. The highest BCUT2D eigenvalue weighted by atomic mass is 15.0. The average Bonchev–Trinajstić information content (AvgIpc) is 3.46. The topological polar surface area (TPSA) is 17.8 Å². The summed E-state index contributed by atoms with van der Waals surface area (Å²) in [5.41, 5.74) is 10.8. The summed E-state index contributed by atoms with van der Waals surface area (Å²) >= 11 is 0. The van der Waals surface area contributed by atoms with Gasteiger partial charge in [0.15, 0.2) is 0 Å². The van der Waals surface area contributed by atoms with Crippen molar-refractivity contribution < 1.29 is 0 Å². The smallest absolute Gasteiger partial charge is 0.0619 e. The number of aromatic nitrogens is 2. The van der Waals surface area contributed by atoms with Crippen LogP contribution in [-0.2, 0) is 0 Å². The van der Waals surface area contributed by atoms with E-state index >= 15 is 0 Å². The fraction of sp³-hybridized carbons (Fsp3) is 0. The monoisotopic (exact) mass is 572 g/mol. The van der Waals surface area contributed by atoms with Gasteiger partial charge in [0, 0.05) is 39.8 Å². The molecule has 0 saturated carbocycles. The summed E-state index contributed by atoms with van der Waals surface area (Å²) < 4.78 is 2.43. The van der Waals surface area contributed by atoms with Gasteiger partial charge in [0.2, 0.25) is 0 Å². The lowest BCUT2D eigenvalue weighted by Gasteiger charge is -2.14. The molecule has 0 aliphatic heterocycles.